The number of carbonyl (C=O) groups excluding carboxylic acids is 4. The van der Waals surface area contributed by atoms with Crippen LogP contribution >= 0.6 is 0 Å². The zero-order valence-corrected chi connectivity index (χ0v) is 26.5. The summed E-state index contributed by atoms with van der Waals surface area (Å²) in [7, 11) is 0. The lowest BCUT2D eigenvalue weighted by atomic mass is 9.77. The fourth-order valence-electron chi connectivity index (χ4n) is 7.54. The average molecular weight is 637 g/mol. The molecule has 1 aromatic rings. The van der Waals surface area contributed by atoms with Crippen LogP contribution in [0.5, 0.6) is 0 Å². The topological polar surface area (TPSA) is 138 Å². The lowest BCUT2D eigenvalue weighted by Gasteiger charge is -2.38. The van der Waals surface area contributed by atoms with E-state index < -0.39 is 59.6 Å². The first-order valence-electron chi connectivity index (χ1n) is 16.3. The van der Waals surface area contributed by atoms with Crippen LogP contribution in [0.2, 0.25) is 0 Å². The number of esters is 1. The molecule has 12 heteroatoms. The second-order valence-electron chi connectivity index (χ2n) is 12.9. The van der Waals surface area contributed by atoms with Gasteiger partial charge in [0.1, 0.15) is 23.7 Å². The molecule has 0 unspecified atom stereocenters. The molecule has 12 nitrogen and oxygen atoms in total. The second kappa shape index (κ2) is 13.6. The first-order chi connectivity index (χ1) is 22.2. The Balaban J connectivity index is 1.37. The molecule has 0 aromatic heterocycles. The SMILES string of the molecule is C[C@H](CO)N1C(=O)[C@@H]2[C@H]3C(=O)O[C@H](c4ccccc4)[C@@H](C)NC(=O)CC/C=C\[C@H]3O[C@@]23C=CCN(CCN2CCOCC2)C(=O)[C@@H]13. The van der Waals surface area contributed by atoms with E-state index in [0.717, 1.165) is 13.1 Å². The van der Waals surface area contributed by atoms with E-state index in [1.807, 2.05) is 36.4 Å². The van der Waals surface area contributed by atoms with Crippen molar-refractivity contribution in [1.29, 1.82) is 0 Å². The van der Waals surface area contributed by atoms with Gasteiger partial charge in [-0.25, -0.2) is 0 Å². The maximum atomic E-state index is 14.5. The van der Waals surface area contributed by atoms with Crippen molar-refractivity contribution in [3.63, 3.8) is 0 Å². The Hall–Kier alpha value is -3.58. The Morgan fingerprint density at radius 2 is 1.80 bits per heavy atom. The zero-order chi connectivity index (χ0) is 32.4. The van der Waals surface area contributed by atoms with Crippen LogP contribution in [0.3, 0.4) is 0 Å². The van der Waals surface area contributed by atoms with E-state index in [1.165, 1.54) is 4.90 Å². The Bertz CT molecular complexity index is 1360. The van der Waals surface area contributed by atoms with Crippen molar-refractivity contribution in [2.75, 3.05) is 52.5 Å². The Labute approximate surface area is 269 Å². The van der Waals surface area contributed by atoms with Crippen molar-refractivity contribution < 1.29 is 38.5 Å². The van der Waals surface area contributed by atoms with E-state index in [2.05, 4.69) is 10.2 Å². The van der Waals surface area contributed by atoms with Gasteiger partial charge in [0.05, 0.1) is 43.9 Å². The molecule has 1 spiro atoms. The molecule has 5 aliphatic rings. The summed E-state index contributed by atoms with van der Waals surface area (Å²) in [5.74, 6) is -3.65. The highest BCUT2D eigenvalue weighted by Gasteiger charge is 2.72. The summed E-state index contributed by atoms with van der Waals surface area (Å²) >= 11 is 0. The minimum Gasteiger partial charge on any atom is -0.455 e. The van der Waals surface area contributed by atoms with Crippen LogP contribution in [0.15, 0.2) is 54.6 Å². The van der Waals surface area contributed by atoms with E-state index in [4.69, 9.17) is 14.2 Å². The van der Waals surface area contributed by atoms with Crippen LogP contribution in [0.1, 0.15) is 38.4 Å². The largest absolute Gasteiger partial charge is 0.455 e. The molecular weight excluding hydrogens is 592 g/mol. The Morgan fingerprint density at radius 1 is 1.04 bits per heavy atom. The van der Waals surface area contributed by atoms with E-state index in [1.54, 1.807) is 37.0 Å². The molecule has 8 atom stereocenters. The van der Waals surface area contributed by atoms with Crippen LogP contribution in [-0.2, 0) is 33.4 Å². The predicted octanol–water partition coefficient (Wildman–Crippen LogP) is 0.818. The highest BCUT2D eigenvalue weighted by Crippen LogP contribution is 2.53. The fourth-order valence-corrected chi connectivity index (χ4v) is 7.54. The molecule has 3 fully saturated rings. The van der Waals surface area contributed by atoms with Gasteiger partial charge in [-0.15, -0.1) is 0 Å². The molecule has 5 aliphatic heterocycles. The smallest absolute Gasteiger partial charge is 0.313 e. The lowest BCUT2D eigenvalue weighted by molar-refractivity contribution is -0.162. The number of rotatable bonds is 6. The molecule has 0 bridgehead atoms. The number of fused-ring (bicyclic) bond motifs is 2. The molecule has 248 valence electrons. The zero-order valence-electron chi connectivity index (χ0n) is 26.5. The van der Waals surface area contributed by atoms with Crippen molar-refractivity contribution >= 4 is 23.7 Å². The van der Waals surface area contributed by atoms with Crippen LogP contribution in [-0.4, -0.2) is 126 Å². The molecule has 0 saturated carbocycles. The van der Waals surface area contributed by atoms with E-state index in [-0.39, 0.29) is 24.8 Å². The quantitative estimate of drug-likeness (QED) is 0.343. The van der Waals surface area contributed by atoms with Gasteiger partial charge in [-0.3, -0.25) is 24.1 Å². The molecule has 2 N–H and O–H groups in total. The van der Waals surface area contributed by atoms with E-state index in [0.29, 0.717) is 44.8 Å². The highest BCUT2D eigenvalue weighted by atomic mass is 16.6. The third-order valence-electron chi connectivity index (χ3n) is 9.89. The number of allylic oxidation sites excluding steroid dienone is 1. The lowest BCUT2D eigenvalue weighted by Crippen LogP contribution is -2.58. The molecule has 6 rings (SSSR count). The minimum atomic E-state index is -1.45. The van der Waals surface area contributed by atoms with Crippen LogP contribution < -0.4 is 5.32 Å². The van der Waals surface area contributed by atoms with Crippen molar-refractivity contribution in [1.82, 2.24) is 20.0 Å². The van der Waals surface area contributed by atoms with Gasteiger partial charge >= 0.3 is 5.97 Å². The van der Waals surface area contributed by atoms with Gasteiger partial charge in [-0.05, 0) is 25.8 Å². The summed E-state index contributed by atoms with van der Waals surface area (Å²) < 4.78 is 18.4. The Morgan fingerprint density at radius 3 is 2.54 bits per heavy atom. The number of cyclic esters (lactones) is 1. The summed E-state index contributed by atoms with van der Waals surface area (Å²) in [5.41, 5.74) is -0.750. The van der Waals surface area contributed by atoms with Gasteiger partial charge in [0.2, 0.25) is 17.7 Å². The van der Waals surface area contributed by atoms with Crippen molar-refractivity contribution in [2.24, 2.45) is 11.8 Å². The van der Waals surface area contributed by atoms with Crippen molar-refractivity contribution in [3.8, 4) is 0 Å². The van der Waals surface area contributed by atoms with Gasteiger partial charge in [0.25, 0.3) is 0 Å². The monoisotopic (exact) mass is 636 g/mol. The number of nitrogens with one attached hydrogen (secondary N) is 1. The Kier molecular flexibility index (Phi) is 9.60. The van der Waals surface area contributed by atoms with Gasteiger partial charge in [-0.2, -0.15) is 0 Å². The maximum absolute atomic E-state index is 14.5. The molecule has 3 saturated heterocycles. The summed E-state index contributed by atoms with van der Waals surface area (Å²) in [6.07, 6.45) is 6.08. The number of ether oxygens (including phenoxy) is 3. The number of morpholine rings is 1. The highest BCUT2D eigenvalue weighted by molar-refractivity contribution is 5.99. The number of benzene rings is 1. The van der Waals surface area contributed by atoms with Gasteiger partial charge in [-0.1, -0.05) is 54.6 Å². The van der Waals surface area contributed by atoms with Crippen LogP contribution in [0.4, 0.5) is 0 Å². The molecule has 0 aliphatic carbocycles. The summed E-state index contributed by atoms with van der Waals surface area (Å²) in [5, 5.41) is 13.2. The minimum absolute atomic E-state index is 0.174. The summed E-state index contributed by atoms with van der Waals surface area (Å²) in [6, 6.07) is 6.86. The maximum Gasteiger partial charge on any atom is 0.313 e. The van der Waals surface area contributed by atoms with Crippen LogP contribution in [0.25, 0.3) is 0 Å². The van der Waals surface area contributed by atoms with E-state index >= 15 is 0 Å². The number of aliphatic hydroxyl groups is 1. The third-order valence-corrected chi connectivity index (χ3v) is 9.89. The first-order valence-corrected chi connectivity index (χ1v) is 16.3. The molecule has 5 heterocycles. The van der Waals surface area contributed by atoms with E-state index in [9.17, 15) is 24.3 Å². The third kappa shape index (κ3) is 5.99. The number of likely N-dealkylation sites (tertiary alicyclic amines) is 1. The predicted molar refractivity (Wildman–Crippen MR) is 166 cm³/mol. The molecular formula is C34H44N4O8. The number of aliphatic hydroxyl groups excluding tert-OH is 1. The second-order valence-corrected chi connectivity index (χ2v) is 12.9. The van der Waals surface area contributed by atoms with Gasteiger partial charge in [0, 0.05) is 39.1 Å². The van der Waals surface area contributed by atoms with Crippen LogP contribution in [0, 0.1) is 11.8 Å². The van der Waals surface area contributed by atoms with Crippen molar-refractivity contribution in [2.45, 2.75) is 62.6 Å². The summed E-state index contributed by atoms with van der Waals surface area (Å²) in [6.45, 7) is 7.40. The number of carbonyl (C=O) groups is 4. The molecule has 3 amide bonds. The number of hydrogen-bond donors (Lipinski definition) is 2. The first kappa shape index (κ1) is 32.4. The number of amides is 3. The summed E-state index contributed by atoms with van der Waals surface area (Å²) in [4.78, 5) is 61.4. The van der Waals surface area contributed by atoms with Gasteiger partial charge < -0.3 is 34.4 Å². The fraction of sp³-hybridized carbons (Fsp3) is 0.588. The molecule has 0 radical (unpaired) electrons. The normalized spacial score (nSPS) is 35.2. The molecule has 1 aromatic carbocycles. The standard InChI is InChI=1S/C34H44N4O8/c1-22(21-39)38-30-32(42)37(16-15-36-17-19-44-20-18-36)14-8-13-34(30)28(31(38)41)27-25(46-34)11-6-7-12-26(40)35-23(2)29(45-33(27)43)24-9-4-3-5-10-24/h3-6,8-11,13,22-23,25,27-30,39H,7,12,14-21H2,1-2H3,(H,35,40)/b11-6-/t22-,23-,25-,27+,28+,29+,30-,34+/m1/s1. The number of nitrogens with zero attached hydrogens (tertiary/aromatic N) is 3. The molecule has 46 heavy (non-hydrogen) atoms. The van der Waals surface area contributed by atoms with Gasteiger partial charge in [0.15, 0.2) is 0 Å². The number of hydrogen-bond acceptors (Lipinski definition) is 9. The average Bonchev–Trinajstić information content (AvgIpc) is 3.46. The van der Waals surface area contributed by atoms with Crippen molar-refractivity contribution in [3.05, 3.63) is 60.2 Å².